The first-order valence-electron chi connectivity index (χ1n) is 10.5. The number of rotatable bonds is 5. The van der Waals surface area contributed by atoms with Crippen molar-refractivity contribution in [3.05, 3.63) is 65.5 Å². The number of halogens is 1. The first kappa shape index (κ1) is 21.5. The van der Waals surface area contributed by atoms with E-state index in [0.29, 0.717) is 12.1 Å². The van der Waals surface area contributed by atoms with Gasteiger partial charge >= 0.3 is 0 Å². The van der Waals surface area contributed by atoms with Crippen molar-refractivity contribution in [1.82, 2.24) is 5.01 Å². The quantitative estimate of drug-likeness (QED) is 0.741. The van der Waals surface area contributed by atoms with E-state index in [4.69, 9.17) is 0 Å². The molecular weight excluding hydrogens is 417 g/mol. The number of amides is 1. The first-order chi connectivity index (χ1) is 14.8. The topological polar surface area (TPSA) is 78.8 Å². The van der Waals surface area contributed by atoms with E-state index in [-0.39, 0.29) is 23.7 Å². The summed E-state index contributed by atoms with van der Waals surface area (Å²) in [5.41, 5.74) is 2.89. The molecule has 0 radical (unpaired) electrons. The smallest absolute Gasteiger partial charge is 0.246 e. The molecule has 1 amide bonds. The van der Waals surface area contributed by atoms with Crippen molar-refractivity contribution in [3.8, 4) is 0 Å². The van der Waals surface area contributed by atoms with Gasteiger partial charge in [-0.2, -0.15) is 5.10 Å². The first-order valence-corrected chi connectivity index (χ1v) is 12.4. The minimum atomic E-state index is -3.35. The molecule has 2 aromatic carbocycles. The molecule has 2 aliphatic rings. The molecule has 1 aliphatic carbocycles. The van der Waals surface area contributed by atoms with Crippen LogP contribution in [0.15, 0.2) is 53.6 Å². The van der Waals surface area contributed by atoms with Gasteiger partial charge in [-0.05, 0) is 48.2 Å². The zero-order valence-electron chi connectivity index (χ0n) is 17.4. The molecule has 1 atom stereocenters. The number of carbonyl (C=O) groups is 1. The van der Waals surface area contributed by atoms with Crippen molar-refractivity contribution in [2.24, 2.45) is 11.0 Å². The van der Waals surface area contributed by atoms with E-state index < -0.39 is 10.0 Å². The lowest BCUT2D eigenvalue weighted by Crippen LogP contribution is -2.33. The van der Waals surface area contributed by atoms with E-state index in [9.17, 15) is 17.6 Å². The Morgan fingerprint density at radius 1 is 1.03 bits per heavy atom. The zero-order chi connectivity index (χ0) is 22.0. The van der Waals surface area contributed by atoms with Gasteiger partial charge in [-0.25, -0.2) is 17.8 Å². The fourth-order valence-electron chi connectivity index (χ4n) is 4.31. The average Bonchev–Trinajstić information content (AvgIpc) is 3.19. The Morgan fingerprint density at radius 3 is 2.29 bits per heavy atom. The van der Waals surface area contributed by atoms with Gasteiger partial charge in [0, 0.05) is 18.0 Å². The van der Waals surface area contributed by atoms with Gasteiger partial charge in [-0.1, -0.05) is 43.5 Å². The fraction of sp³-hybridized carbons (Fsp3) is 0.391. The van der Waals surface area contributed by atoms with E-state index >= 15 is 0 Å². The highest BCUT2D eigenvalue weighted by atomic mass is 32.2. The van der Waals surface area contributed by atoms with Gasteiger partial charge in [0.15, 0.2) is 0 Å². The summed E-state index contributed by atoms with van der Waals surface area (Å²) in [7, 11) is -3.35. The number of hydrogen-bond donors (Lipinski definition) is 1. The van der Waals surface area contributed by atoms with Crippen LogP contribution < -0.4 is 4.72 Å². The Labute approximate surface area is 182 Å². The fourth-order valence-corrected chi connectivity index (χ4v) is 4.88. The van der Waals surface area contributed by atoms with Gasteiger partial charge in [-0.3, -0.25) is 9.52 Å². The van der Waals surface area contributed by atoms with Crippen LogP contribution >= 0.6 is 0 Å². The third-order valence-corrected chi connectivity index (χ3v) is 6.47. The predicted octanol–water partition coefficient (Wildman–Crippen LogP) is 4.46. The van der Waals surface area contributed by atoms with E-state index in [0.717, 1.165) is 55.2 Å². The zero-order valence-corrected chi connectivity index (χ0v) is 18.2. The Hall–Kier alpha value is -2.74. The van der Waals surface area contributed by atoms with E-state index in [1.807, 2.05) is 0 Å². The standard InChI is InChI=1S/C23H26FN3O3S/c1-31(29,30)26-20-13-9-16(10-14-20)21-15-22(17-7-11-19(24)12-8-17)27(25-21)23(28)18-5-3-2-4-6-18/h7-14,18,22,26H,2-6,15H2,1H3/t22-/m0/s1. The highest BCUT2D eigenvalue weighted by Crippen LogP contribution is 2.36. The number of sulfonamides is 1. The lowest BCUT2D eigenvalue weighted by molar-refractivity contribution is -0.138. The summed E-state index contributed by atoms with van der Waals surface area (Å²) in [6.07, 6.45) is 6.64. The molecule has 164 valence electrons. The predicted molar refractivity (Wildman–Crippen MR) is 119 cm³/mol. The summed E-state index contributed by atoms with van der Waals surface area (Å²) in [5, 5.41) is 6.27. The summed E-state index contributed by atoms with van der Waals surface area (Å²) in [6.45, 7) is 0. The second-order valence-corrected chi connectivity index (χ2v) is 10.0. The molecule has 0 aromatic heterocycles. The molecule has 1 heterocycles. The molecule has 8 heteroatoms. The normalized spacial score (nSPS) is 19.9. The maximum absolute atomic E-state index is 13.5. The Bertz CT molecular complexity index is 1080. The molecule has 1 fully saturated rings. The van der Waals surface area contributed by atoms with Crippen LogP contribution in [-0.2, 0) is 14.8 Å². The van der Waals surface area contributed by atoms with Crippen LogP contribution in [0.5, 0.6) is 0 Å². The van der Waals surface area contributed by atoms with Gasteiger partial charge in [0.1, 0.15) is 5.82 Å². The molecule has 0 unspecified atom stereocenters. The van der Waals surface area contributed by atoms with Gasteiger partial charge in [0.05, 0.1) is 18.0 Å². The minimum absolute atomic E-state index is 0.0267. The molecule has 4 rings (SSSR count). The van der Waals surface area contributed by atoms with Crippen LogP contribution in [-0.4, -0.2) is 31.3 Å². The second-order valence-electron chi connectivity index (χ2n) is 8.29. The number of hydrazone groups is 1. The van der Waals surface area contributed by atoms with Crippen LogP contribution in [0.4, 0.5) is 10.1 Å². The molecular formula is C23H26FN3O3S. The number of anilines is 1. The molecule has 1 aliphatic heterocycles. The van der Waals surface area contributed by atoms with Crippen molar-refractivity contribution in [3.63, 3.8) is 0 Å². The molecule has 0 bridgehead atoms. The van der Waals surface area contributed by atoms with E-state index in [1.165, 1.54) is 12.1 Å². The monoisotopic (exact) mass is 443 g/mol. The highest BCUT2D eigenvalue weighted by Gasteiger charge is 2.36. The van der Waals surface area contributed by atoms with Crippen LogP contribution in [0, 0.1) is 11.7 Å². The highest BCUT2D eigenvalue weighted by molar-refractivity contribution is 7.92. The van der Waals surface area contributed by atoms with Crippen LogP contribution in [0.25, 0.3) is 0 Å². The third-order valence-electron chi connectivity index (χ3n) is 5.87. The summed E-state index contributed by atoms with van der Waals surface area (Å²) < 4.78 is 38.8. The average molecular weight is 444 g/mol. The molecule has 1 N–H and O–H groups in total. The van der Waals surface area contributed by atoms with Crippen LogP contribution in [0.3, 0.4) is 0 Å². The minimum Gasteiger partial charge on any atom is -0.284 e. The maximum Gasteiger partial charge on any atom is 0.246 e. The molecule has 31 heavy (non-hydrogen) atoms. The number of nitrogens with zero attached hydrogens (tertiary/aromatic N) is 2. The number of carbonyl (C=O) groups excluding carboxylic acids is 1. The van der Waals surface area contributed by atoms with Crippen LogP contribution in [0.2, 0.25) is 0 Å². The molecule has 2 aromatic rings. The largest absolute Gasteiger partial charge is 0.284 e. The lowest BCUT2D eigenvalue weighted by Gasteiger charge is -2.28. The third kappa shape index (κ3) is 5.12. The SMILES string of the molecule is CS(=O)(=O)Nc1ccc(C2=NN(C(=O)C3CCCCC3)[C@H](c3ccc(F)cc3)C2)cc1. The molecule has 1 saturated carbocycles. The van der Waals surface area contributed by atoms with Crippen molar-refractivity contribution in [1.29, 1.82) is 0 Å². The van der Waals surface area contributed by atoms with E-state index in [2.05, 4.69) is 9.82 Å². The Morgan fingerprint density at radius 2 is 1.68 bits per heavy atom. The number of benzene rings is 2. The molecule has 0 saturated heterocycles. The summed E-state index contributed by atoms with van der Waals surface area (Å²) >= 11 is 0. The second kappa shape index (κ2) is 8.78. The van der Waals surface area contributed by atoms with Crippen LogP contribution in [0.1, 0.15) is 55.7 Å². The molecule has 6 nitrogen and oxygen atoms in total. The molecule has 0 spiro atoms. The Balaban J connectivity index is 1.62. The summed E-state index contributed by atoms with van der Waals surface area (Å²) in [4.78, 5) is 13.3. The lowest BCUT2D eigenvalue weighted by atomic mass is 9.88. The van der Waals surface area contributed by atoms with Crippen molar-refractivity contribution in [2.45, 2.75) is 44.6 Å². The van der Waals surface area contributed by atoms with E-state index in [1.54, 1.807) is 41.4 Å². The maximum atomic E-state index is 13.5. The van der Waals surface area contributed by atoms with Crippen molar-refractivity contribution >= 4 is 27.3 Å². The number of nitrogens with one attached hydrogen (secondary N) is 1. The van der Waals surface area contributed by atoms with Gasteiger partial charge in [0.25, 0.3) is 0 Å². The summed E-state index contributed by atoms with van der Waals surface area (Å²) in [5.74, 6) is -0.317. The van der Waals surface area contributed by atoms with Gasteiger partial charge < -0.3 is 0 Å². The summed E-state index contributed by atoms with van der Waals surface area (Å²) in [6, 6.07) is 12.9. The Kier molecular flexibility index (Phi) is 6.09. The van der Waals surface area contributed by atoms with Crippen molar-refractivity contribution in [2.75, 3.05) is 11.0 Å². The van der Waals surface area contributed by atoms with Gasteiger partial charge in [0.2, 0.25) is 15.9 Å². The van der Waals surface area contributed by atoms with Crippen molar-refractivity contribution < 1.29 is 17.6 Å². The van der Waals surface area contributed by atoms with Gasteiger partial charge in [-0.15, -0.1) is 0 Å². The number of hydrogen-bond acceptors (Lipinski definition) is 4.